The lowest BCUT2D eigenvalue weighted by atomic mass is 10.1. The number of rotatable bonds is 10. The van der Waals surface area contributed by atoms with E-state index in [2.05, 4.69) is 12.2 Å². The van der Waals surface area contributed by atoms with Crippen LogP contribution in [0.1, 0.15) is 44.2 Å². The Hall–Kier alpha value is -1.75. The first kappa shape index (κ1) is 24.5. The molecule has 0 heterocycles. The van der Waals surface area contributed by atoms with Crippen LogP contribution in [0.25, 0.3) is 0 Å². The number of hydrogen-bond donors (Lipinski definition) is 1. The normalized spacial score (nSPS) is 11.8. The third-order valence-electron chi connectivity index (χ3n) is 4.91. The van der Waals surface area contributed by atoms with Crippen molar-refractivity contribution in [3.8, 4) is 0 Å². The van der Waals surface area contributed by atoms with E-state index in [1.165, 1.54) is 0 Å². The van der Waals surface area contributed by atoms with E-state index >= 15 is 0 Å². The molecule has 2 rings (SSSR count). The van der Waals surface area contributed by atoms with Crippen LogP contribution in [0.15, 0.2) is 42.5 Å². The molecule has 0 saturated carbocycles. The lowest BCUT2D eigenvalue weighted by Crippen LogP contribution is -2.49. The molecule has 0 bridgehead atoms. The summed E-state index contributed by atoms with van der Waals surface area (Å²) in [6.07, 6.45) is 2.41. The Kier molecular flexibility index (Phi) is 9.96. The molecule has 2 aromatic rings. The van der Waals surface area contributed by atoms with Gasteiger partial charge in [-0.15, -0.1) is 0 Å². The van der Waals surface area contributed by atoms with Gasteiger partial charge in [-0.2, -0.15) is 0 Å². The minimum atomic E-state index is -0.635. The number of carbonyl (C=O) groups is 2. The van der Waals surface area contributed by atoms with Crippen molar-refractivity contribution in [1.29, 1.82) is 0 Å². The number of halogens is 3. The second kappa shape index (κ2) is 12.2. The third-order valence-corrected chi connectivity index (χ3v) is 5.98. The van der Waals surface area contributed by atoms with E-state index in [1.807, 2.05) is 25.1 Å². The molecular weight excluding hydrogens is 443 g/mol. The van der Waals surface area contributed by atoms with Crippen molar-refractivity contribution in [2.45, 2.75) is 52.1 Å². The Bertz CT molecular complexity index is 853. The van der Waals surface area contributed by atoms with E-state index < -0.39 is 6.04 Å². The van der Waals surface area contributed by atoms with Gasteiger partial charge in [-0.05, 0) is 36.6 Å². The van der Waals surface area contributed by atoms with Crippen LogP contribution in [0.4, 0.5) is 0 Å². The number of nitrogens with zero attached hydrogens (tertiary/aromatic N) is 1. The first-order chi connectivity index (χ1) is 14.4. The maximum absolute atomic E-state index is 13.3. The summed E-state index contributed by atoms with van der Waals surface area (Å²) < 4.78 is 0. The highest BCUT2D eigenvalue weighted by Crippen LogP contribution is 2.27. The van der Waals surface area contributed by atoms with Crippen LogP contribution in [0.2, 0.25) is 15.1 Å². The maximum Gasteiger partial charge on any atom is 0.242 e. The predicted octanol–water partition coefficient (Wildman–Crippen LogP) is 5.91. The molecule has 2 amide bonds. The summed E-state index contributed by atoms with van der Waals surface area (Å²) in [6, 6.07) is 11.8. The first-order valence-corrected chi connectivity index (χ1v) is 11.3. The van der Waals surface area contributed by atoms with Gasteiger partial charge < -0.3 is 10.2 Å². The summed E-state index contributed by atoms with van der Waals surface area (Å²) in [4.78, 5) is 27.8. The molecule has 0 radical (unpaired) electrons. The molecular formula is C23H27Cl3N2O2. The largest absolute Gasteiger partial charge is 0.354 e. The van der Waals surface area contributed by atoms with Gasteiger partial charge in [0.2, 0.25) is 11.8 Å². The van der Waals surface area contributed by atoms with Crippen LogP contribution < -0.4 is 5.32 Å². The molecule has 0 saturated heterocycles. The van der Waals surface area contributed by atoms with Crippen LogP contribution >= 0.6 is 34.8 Å². The summed E-state index contributed by atoms with van der Waals surface area (Å²) in [6.45, 7) is 4.66. The van der Waals surface area contributed by atoms with E-state index in [0.29, 0.717) is 39.2 Å². The molecule has 4 nitrogen and oxygen atoms in total. The molecule has 0 aliphatic carbocycles. The number of carbonyl (C=O) groups excluding carboxylic acids is 2. The summed E-state index contributed by atoms with van der Waals surface area (Å²) in [5, 5.41) is 4.37. The van der Waals surface area contributed by atoms with E-state index in [9.17, 15) is 9.59 Å². The van der Waals surface area contributed by atoms with Gasteiger partial charge in [-0.3, -0.25) is 9.59 Å². The van der Waals surface area contributed by atoms with Crippen LogP contribution in [-0.2, 0) is 22.6 Å². The number of unbranched alkanes of at least 4 members (excludes halogenated alkanes) is 1. The van der Waals surface area contributed by atoms with E-state index in [0.717, 1.165) is 12.8 Å². The van der Waals surface area contributed by atoms with Gasteiger partial charge in [0.15, 0.2) is 0 Å². The minimum Gasteiger partial charge on any atom is -0.354 e. The summed E-state index contributed by atoms with van der Waals surface area (Å²) in [7, 11) is 0. The fraction of sp³-hybridized carbons (Fsp3) is 0.391. The van der Waals surface area contributed by atoms with Crippen LogP contribution in [-0.4, -0.2) is 29.3 Å². The molecule has 7 heteroatoms. The zero-order chi connectivity index (χ0) is 22.1. The molecule has 1 atom stereocenters. The molecule has 0 spiro atoms. The highest BCUT2D eigenvalue weighted by atomic mass is 35.5. The summed E-state index contributed by atoms with van der Waals surface area (Å²) in [5.74, 6) is -0.391. The van der Waals surface area contributed by atoms with Crippen molar-refractivity contribution in [1.82, 2.24) is 10.2 Å². The molecule has 0 fully saturated rings. The number of amides is 2. The minimum absolute atomic E-state index is 0.0838. The van der Waals surface area contributed by atoms with Gasteiger partial charge in [0.1, 0.15) is 6.04 Å². The Labute approximate surface area is 193 Å². The Morgan fingerprint density at radius 2 is 1.60 bits per heavy atom. The highest BCUT2D eigenvalue weighted by molar-refractivity contribution is 6.36. The van der Waals surface area contributed by atoms with Gasteiger partial charge >= 0.3 is 0 Å². The van der Waals surface area contributed by atoms with Gasteiger partial charge in [-0.1, -0.05) is 79.3 Å². The van der Waals surface area contributed by atoms with Gasteiger partial charge in [0.25, 0.3) is 0 Å². The third kappa shape index (κ3) is 6.63. The fourth-order valence-electron chi connectivity index (χ4n) is 3.19. The quantitative estimate of drug-likeness (QED) is 0.440. The van der Waals surface area contributed by atoms with Crippen molar-refractivity contribution >= 4 is 46.6 Å². The molecule has 0 aliphatic heterocycles. The summed E-state index contributed by atoms with van der Waals surface area (Å²) >= 11 is 19.0. The Morgan fingerprint density at radius 1 is 0.967 bits per heavy atom. The standard InChI is InChI=1S/C23H27Cl3N2O2/c1-3-5-13-27-23(30)21(4-2)28(15-17-19(25)11-8-12-20(17)26)22(29)14-16-9-6-7-10-18(16)24/h6-12,21H,3-5,13-15H2,1-2H3,(H,27,30). The summed E-state index contributed by atoms with van der Waals surface area (Å²) in [5.41, 5.74) is 1.33. The molecule has 1 N–H and O–H groups in total. The maximum atomic E-state index is 13.3. The van der Waals surface area contributed by atoms with Gasteiger partial charge in [0.05, 0.1) is 6.42 Å². The van der Waals surface area contributed by atoms with Crippen LogP contribution in [0.5, 0.6) is 0 Å². The smallest absolute Gasteiger partial charge is 0.242 e. The zero-order valence-corrected chi connectivity index (χ0v) is 19.5. The van der Waals surface area contributed by atoms with Crippen molar-refractivity contribution in [3.63, 3.8) is 0 Å². The lowest BCUT2D eigenvalue weighted by molar-refractivity contribution is -0.140. The van der Waals surface area contributed by atoms with Crippen molar-refractivity contribution in [3.05, 3.63) is 68.7 Å². The SMILES string of the molecule is CCCCNC(=O)C(CC)N(Cc1c(Cl)cccc1Cl)C(=O)Cc1ccccc1Cl. The van der Waals surface area contributed by atoms with E-state index in [4.69, 9.17) is 34.8 Å². The highest BCUT2D eigenvalue weighted by Gasteiger charge is 2.29. The molecule has 162 valence electrons. The van der Waals surface area contributed by atoms with Crippen molar-refractivity contribution < 1.29 is 9.59 Å². The predicted molar refractivity (Wildman–Crippen MR) is 124 cm³/mol. The van der Waals surface area contributed by atoms with Crippen molar-refractivity contribution in [2.75, 3.05) is 6.54 Å². The Balaban J connectivity index is 2.33. The molecule has 1 unspecified atom stereocenters. The first-order valence-electron chi connectivity index (χ1n) is 10.1. The van der Waals surface area contributed by atoms with Gasteiger partial charge in [0, 0.05) is 33.7 Å². The van der Waals surface area contributed by atoms with Crippen LogP contribution in [0.3, 0.4) is 0 Å². The zero-order valence-electron chi connectivity index (χ0n) is 17.3. The average Bonchev–Trinajstić information content (AvgIpc) is 2.71. The van der Waals surface area contributed by atoms with Gasteiger partial charge in [-0.25, -0.2) is 0 Å². The average molecular weight is 470 g/mol. The number of nitrogens with one attached hydrogen (secondary N) is 1. The molecule has 30 heavy (non-hydrogen) atoms. The molecule has 0 aliphatic rings. The molecule has 0 aromatic heterocycles. The fourth-order valence-corrected chi connectivity index (χ4v) is 3.91. The molecule has 2 aromatic carbocycles. The Morgan fingerprint density at radius 3 is 2.20 bits per heavy atom. The second-order valence-electron chi connectivity index (χ2n) is 7.06. The number of benzene rings is 2. The van der Waals surface area contributed by atoms with Crippen molar-refractivity contribution in [2.24, 2.45) is 0 Å². The van der Waals surface area contributed by atoms with E-state index in [1.54, 1.807) is 29.2 Å². The number of hydrogen-bond acceptors (Lipinski definition) is 2. The van der Waals surface area contributed by atoms with E-state index in [-0.39, 0.29) is 24.8 Å². The lowest BCUT2D eigenvalue weighted by Gasteiger charge is -2.31. The monoisotopic (exact) mass is 468 g/mol. The second-order valence-corrected chi connectivity index (χ2v) is 8.28. The van der Waals surface area contributed by atoms with Crippen LogP contribution in [0, 0.1) is 0 Å². The topological polar surface area (TPSA) is 49.4 Å².